The summed E-state index contributed by atoms with van der Waals surface area (Å²) < 4.78 is 0. The molecule has 268 valence electrons. The van der Waals surface area contributed by atoms with Crippen molar-refractivity contribution in [1.82, 2.24) is 0 Å². The van der Waals surface area contributed by atoms with Crippen molar-refractivity contribution in [2.75, 3.05) is 4.90 Å². The molecule has 0 aliphatic heterocycles. The summed E-state index contributed by atoms with van der Waals surface area (Å²) in [6, 6.07) is 85.5. The Morgan fingerprint density at radius 3 is 0.912 bits per heavy atom. The highest BCUT2D eigenvalue weighted by atomic mass is 15.1. The molecule has 0 saturated carbocycles. The third kappa shape index (κ3) is 6.56. The summed E-state index contributed by atoms with van der Waals surface area (Å²) in [6.07, 6.45) is 0. The van der Waals surface area contributed by atoms with Crippen LogP contribution in [0.5, 0.6) is 0 Å². The number of hydrogen-bond acceptors (Lipinski definition) is 1. The molecule has 0 fully saturated rings. The lowest BCUT2D eigenvalue weighted by atomic mass is 9.84. The fraction of sp³-hybridized carbons (Fsp3) is 0. The predicted octanol–water partition coefficient (Wildman–Crippen LogP) is 15.8. The van der Waals surface area contributed by atoms with E-state index in [1.54, 1.807) is 0 Å². The van der Waals surface area contributed by atoms with Gasteiger partial charge in [-0.15, -0.1) is 0 Å². The number of fused-ring (bicyclic) bond motifs is 3. The predicted molar refractivity (Wildman–Crippen MR) is 243 cm³/mol. The van der Waals surface area contributed by atoms with Gasteiger partial charge in [-0.25, -0.2) is 0 Å². The van der Waals surface area contributed by atoms with Crippen molar-refractivity contribution in [3.63, 3.8) is 0 Å². The lowest BCUT2D eigenvalue weighted by molar-refractivity contribution is 1.28. The van der Waals surface area contributed by atoms with Crippen molar-refractivity contribution in [2.45, 2.75) is 0 Å². The summed E-state index contributed by atoms with van der Waals surface area (Å²) in [5, 5.41) is 5.02. The molecule has 0 radical (unpaired) electrons. The second-order valence-electron chi connectivity index (χ2n) is 14.5. The average molecular weight is 726 g/mol. The SMILES string of the molecule is c1ccc(-c2ccc(N(c3ccc(-c4ccccc4)cc3)c3ccc(-c4ccc5c(-c6ccccc6)c(-c6ccccc6)c6ccccc6c5c4)cc3)cc2)cc1. The molecule has 0 aliphatic rings. The van der Waals surface area contributed by atoms with Crippen LogP contribution in [-0.2, 0) is 0 Å². The molecule has 0 bridgehead atoms. The third-order valence-corrected chi connectivity index (χ3v) is 11.1. The summed E-state index contributed by atoms with van der Waals surface area (Å²) in [6.45, 7) is 0. The molecule has 10 aromatic rings. The summed E-state index contributed by atoms with van der Waals surface area (Å²) in [7, 11) is 0. The van der Waals surface area contributed by atoms with Crippen LogP contribution >= 0.6 is 0 Å². The molecule has 1 nitrogen and oxygen atoms in total. The van der Waals surface area contributed by atoms with Crippen LogP contribution in [0.25, 0.3) is 77.2 Å². The average Bonchev–Trinajstić information content (AvgIpc) is 3.30. The zero-order valence-electron chi connectivity index (χ0n) is 31.5. The van der Waals surface area contributed by atoms with Gasteiger partial charge in [0.1, 0.15) is 0 Å². The summed E-state index contributed by atoms with van der Waals surface area (Å²) in [5.74, 6) is 0. The van der Waals surface area contributed by atoms with Crippen molar-refractivity contribution in [1.29, 1.82) is 0 Å². The normalized spacial score (nSPS) is 11.2. The fourth-order valence-corrected chi connectivity index (χ4v) is 8.30. The Kier molecular flexibility index (Phi) is 8.95. The first-order chi connectivity index (χ1) is 28.3. The zero-order valence-corrected chi connectivity index (χ0v) is 31.5. The van der Waals surface area contributed by atoms with Gasteiger partial charge in [0, 0.05) is 17.1 Å². The number of anilines is 3. The molecule has 0 unspecified atom stereocenters. The lowest BCUT2D eigenvalue weighted by Crippen LogP contribution is -2.09. The first-order valence-electron chi connectivity index (χ1n) is 19.6. The van der Waals surface area contributed by atoms with Crippen LogP contribution in [-0.4, -0.2) is 0 Å². The molecule has 0 aliphatic carbocycles. The van der Waals surface area contributed by atoms with E-state index in [2.05, 4.69) is 241 Å². The van der Waals surface area contributed by atoms with Crippen LogP contribution in [0.3, 0.4) is 0 Å². The van der Waals surface area contributed by atoms with Crippen LogP contribution in [0.4, 0.5) is 17.1 Å². The molecule has 0 N–H and O–H groups in total. The van der Waals surface area contributed by atoms with Crippen molar-refractivity contribution in [2.24, 2.45) is 0 Å². The van der Waals surface area contributed by atoms with E-state index in [-0.39, 0.29) is 0 Å². The molecular weight excluding hydrogens is 687 g/mol. The topological polar surface area (TPSA) is 3.24 Å². The quantitative estimate of drug-likeness (QED) is 0.141. The van der Waals surface area contributed by atoms with Crippen molar-refractivity contribution in [3.8, 4) is 55.6 Å². The summed E-state index contributed by atoms with van der Waals surface area (Å²) in [4.78, 5) is 2.35. The van der Waals surface area contributed by atoms with Gasteiger partial charge in [-0.2, -0.15) is 0 Å². The first kappa shape index (κ1) is 34.0. The highest BCUT2D eigenvalue weighted by Crippen LogP contribution is 2.46. The molecule has 10 aromatic carbocycles. The Labute approximate surface area is 334 Å². The highest BCUT2D eigenvalue weighted by molar-refractivity contribution is 6.22. The van der Waals surface area contributed by atoms with Gasteiger partial charge < -0.3 is 4.90 Å². The maximum absolute atomic E-state index is 2.39. The van der Waals surface area contributed by atoms with Gasteiger partial charge in [0.15, 0.2) is 0 Å². The van der Waals surface area contributed by atoms with Crippen LogP contribution in [0.2, 0.25) is 0 Å². The van der Waals surface area contributed by atoms with Crippen LogP contribution < -0.4 is 4.90 Å². The lowest BCUT2D eigenvalue weighted by Gasteiger charge is -2.26. The van der Waals surface area contributed by atoms with Gasteiger partial charge in [0.2, 0.25) is 0 Å². The first-order valence-corrected chi connectivity index (χ1v) is 19.6. The second-order valence-corrected chi connectivity index (χ2v) is 14.5. The second kappa shape index (κ2) is 15.0. The van der Waals surface area contributed by atoms with Crippen LogP contribution in [0.1, 0.15) is 0 Å². The van der Waals surface area contributed by atoms with Gasteiger partial charge in [-0.3, -0.25) is 0 Å². The fourth-order valence-electron chi connectivity index (χ4n) is 8.30. The molecule has 10 rings (SSSR count). The van der Waals surface area contributed by atoms with Crippen molar-refractivity contribution < 1.29 is 0 Å². The molecule has 0 heterocycles. The van der Waals surface area contributed by atoms with Crippen LogP contribution in [0, 0.1) is 0 Å². The minimum absolute atomic E-state index is 1.10. The molecule has 0 atom stereocenters. The minimum Gasteiger partial charge on any atom is -0.311 e. The largest absolute Gasteiger partial charge is 0.311 e. The Morgan fingerprint density at radius 2 is 0.491 bits per heavy atom. The Balaban J connectivity index is 1.07. The standard InChI is InChI=1S/C56H39N/c1-5-15-40(16-6-1)42-25-32-48(33-26-42)57(49-34-27-43(28-35-49)41-17-7-2-8-18-41)50-36-29-44(30-37-50)47-31-38-53-54(39-47)51-23-13-14-24-52(51)55(45-19-9-3-10-20-45)56(53)46-21-11-4-12-22-46/h1-39H. The summed E-state index contributed by atoms with van der Waals surface area (Å²) in [5.41, 5.74) is 15.5. The number of nitrogens with zero attached hydrogens (tertiary/aromatic N) is 1. The minimum atomic E-state index is 1.10. The van der Waals surface area contributed by atoms with Gasteiger partial charge >= 0.3 is 0 Å². The van der Waals surface area contributed by atoms with E-state index >= 15 is 0 Å². The van der Waals surface area contributed by atoms with E-state index < -0.39 is 0 Å². The van der Waals surface area contributed by atoms with Crippen molar-refractivity contribution in [3.05, 3.63) is 237 Å². The van der Waals surface area contributed by atoms with Crippen molar-refractivity contribution >= 4 is 38.6 Å². The Bertz CT molecular complexity index is 2850. The van der Waals surface area contributed by atoms with Gasteiger partial charge in [0.05, 0.1) is 0 Å². The van der Waals surface area contributed by atoms with E-state index in [1.807, 2.05) is 0 Å². The maximum Gasteiger partial charge on any atom is 0.0462 e. The summed E-state index contributed by atoms with van der Waals surface area (Å²) >= 11 is 0. The molecule has 1 heteroatoms. The Hall–Kier alpha value is -7.48. The van der Waals surface area contributed by atoms with Gasteiger partial charge in [0.25, 0.3) is 0 Å². The molecule has 0 saturated heterocycles. The van der Waals surface area contributed by atoms with Gasteiger partial charge in [-0.1, -0.05) is 194 Å². The van der Waals surface area contributed by atoms with E-state index in [4.69, 9.17) is 0 Å². The molecule has 0 amide bonds. The van der Waals surface area contributed by atoms with E-state index in [0.717, 1.165) is 17.1 Å². The monoisotopic (exact) mass is 725 g/mol. The zero-order chi connectivity index (χ0) is 38.0. The van der Waals surface area contributed by atoms with E-state index in [1.165, 1.54) is 77.2 Å². The number of benzene rings is 10. The molecule has 57 heavy (non-hydrogen) atoms. The molecule has 0 aromatic heterocycles. The Morgan fingerprint density at radius 1 is 0.193 bits per heavy atom. The maximum atomic E-state index is 2.39. The van der Waals surface area contributed by atoms with E-state index in [0.29, 0.717) is 0 Å². The molecule has 0 spiro atoms. The number of hydrogen-bond donors (Lipinski definition) is 0. The van der Waals surface area contributed by atoms with E-state index in [9.17, 15) is 0 Å². The number of rotatable bonds is 8. The molecular formula is C56H39N. The highest BCUT2D eigenvalue weighted by Gasteiger charge is 2.19. The third-order valence-electron chi connectivity index (χ3n) is 11.1. The van der Waals surface area contributed by atoms with Gasteiger partial charge in [-0.05, 0) is 120 Å². The van der Waals surface area contributed by atoms with Crippen LogP contribution in [0.15, 0.2) is 237 Å². The smallest absolute Gasteiger partial charge is 0.0462 e.